The highest BCUT2D eigenvalue weighted by Gasteiger charge is 2.14. The van der Waals surface area contributed by atoms with Gasteiger partial charge in [-0.1, -0.05) is 53.7 Å². The van der Waals surface area contributed by atoms with Crippen molar-refractivity contribution in [3.05, 3.63) is 60.2 Å². The van der Waals surface area contributed by atoms with Crippen LogP contribution in [-0.4, -0.2) is 20.8 Å². The van der Waals surface area contributed by atoms with E-state index < -0.39 is 16.6 Å². The van der Waals surface area contributed by atoms with Crippen LogP contribution in [0.4, 0.5) is 0 Å². The van der Waals surface area contributed by atoms with Crippen LogP contribution in [-0.2, 0) is 9.84 Å². The summed E-state index contributed by atoms with van der Waals surface area (Å²) in [5, 5.41) is 0. The number of sulfone groups is 1. The van der Waals surface area contributed by atoms with E-state index in [4.69, 9.17) is 0 Å². The average molecular weight is 273 g/mol. The molecule has 2 aromatic rings. The molecular weight excluding hydrogens is 255 g/mol. The summed E-state index contributed by atoms with van der Waals surface area (Å²) < 4.78 is 24.6. The first kappa shape index (κ1) is 13.9. The van der Waals surface area contributed by atoms with Crippen molar-refractivity contribution in [2.75, 3.05) is 5.65 Å². The molecule has 100 valence electrons. The third kappa shape index (κ3) is 3.47. The van der Waals surface area contributed by atoms with Crippen molar-refractivity contribution in [3.63, 3.8) is 0 Å². The van der Waals surface area contributed by atoms with Gasteiger partial charge in [0, 0.05) is 6.71 Å². The van der Waals surface area contributed by atoms with Gasteiger partial charge in [0.25, 0.3) is 0 Å². The van der Waals surface area contributed by atoms with Crippen LogP contribution in [0.15, 0.2) is 59.5 Å². The standard InChI is InChI=1S/C15H18BO2S/c1-13-8-10-14(11-9-13)16(2)12-19(17,18)15-6-4-3-5-7-15/h3-11,16H,12H2,1-2H3/q-1. The van der Waals surface area contributed by atoms with Gasteiger partial charge < -0.3 is 0 Å². The Hall–Kier alpha value is -1.55. The number of hydrogen-bond acceptors (Lipinski definition) is 2. The van der Waals surface area contributed by atoms with Crippen molar-refractivity contribution in [2.45, 2.75) is 18.6 Å². The SMILES string of the molecule is C[BH-](CS(=O)(=O)c1ccccc1)c1ccc(C)cc1. The summed E-state index contributed by atoms with van der Waals surface area (Å²) in [6.45, 7) is 3.18. The second-order valence-corrected chi connectivity index (χ2v) is 7.33. The molecule has 0 heterocycles. The zero-order chi connectivity index (χ0) is 13.9. The summed E-state index contributed by atoms with van der Waals surface area (Å²) >= 11 is 0. The van der Waals surface area contributed by atoms with E-state index in [1.54, 1.807) is 24.3 Å². The number of hydrogen-bond donors (Lipinski definition) is 0. The van der Waals surface area contributed by atoms with Crippen molar-refractivity contribution in [3.8, 4) is 0 Å². The summed E-state index contributed by atoms with van der Waals surface area (Å²) in [6, 6.07) is 16.8. The maximum absolute atomic E-state index is 12.3. The van der Waals surface area contributed by atoms with Gasteiger partial charge in [0.05, 0.1) is 4.90 Å². The van der Waals surface area contributed by atoms with E-state index in [0.717, 1.165) is 5.46 Å². The van der Waals surface area contributed by atoms with Crippen molar-refractivity contribution < 1.29 is 8.42 Å². The first-order valence-electron chi connectivity index (χ1n) is 6.62. The molecule has 2 nitrogen and oxygen atoms in total. The van der Waals surface area contributed by atoms with Crippen molar-refractivity contribution in [2.24, 2.45) is 0 Å². The van der Waals surface area contributed by atoms with Crippen molar-refractivity contribution >= 4 is 22.0 Å². The second-order valence-electron chi connectivity index (χ2n) is 5.22. The molecule has 19 heavy (non-hydrogen) atoms. The normalized spacial score (nSPS) is 13.2. The van der Waals surface area contributed by atoms with E-state index in [9.17, 15) is 8.42 Å². The molecule has 1 unspecified atom stereocenters. The molecule has 1 atom stereocenters. The molecule has 0 spiro atoms. The average Bonchev–Trinajstić information content (AvgIpc) is 2.40. The van der Waals surface area contributed by atoms with Crippen molar-refractivity contribution in [1.29, 1.82) is 0 Å². The van der Waals surface area contributed by atoms with Crippen LogP contribution in [0.2, 0.25) is 6.82 Å². The van der Waals surface area contributed by atoms with Gasteiger partial charge in [-0.3, -0.25) is 0 Å². The lowest BCUT2D eigenvalue weighted by Crippen LogP contribution is -2.34. The molecule has 2 aromatic carbocycles. The Morgan fingerprint density at radius 3 is 2.11 bits per heavy atom. The molecule has 0 saturated heterocycles. The minimum atomic E-state index is -3.18. The van der Waals surface area contributed by atoms with Gasteiger partial charge in [-0.15, -0.1) is 0 Å². The molecule has 0 bridgehead atoms. The Balaban J connectivity index is 2.19. The minimum Gasteiger partial charge on any atom is -0.227 e. The first-order valence-corrected chi connectivity index (χ1v) is 8.27. The molecule has 2 rings (SSSR count). The molecule has 0 amide bonds. The third-order valence-corrected chi connectivity index (χ3v) is 5.63. The zero-order valence-corrected chi connectivity index (χ0v) is 12.2. The summed E-state index contributed by atoms with van der Waals surface area (Å²) in [5.41, 5.74) is 2.56. The quantitative estimate of drug-likeness (QED) is 0.799. The zero-order valence-electron chi connectivity index (χ0n) is 11.3. The van der Waals surface area contributed by atoms with Crippen LogP contribution in [0.25, 0.3) is 0 Å². The monoisotopic (exact) mass is 273 g/mol. The molecule has 0 aliphatic carbocycles. The summed E-state index contributed by atoms with van der Waals surface area (Å²) in [7, 11) is -3.18. The van der Waals surface area contributed by atoms with Gasteiger partial charge >= 0.3 is 0 Å². The Morgan fingerprint density at radius 1 is 0.947 bits per heavy atom. The van der Waals surface area contributed by atoms with Gasteiger partial charge in [-0.05, 0) is 19.1 Å². The van der Waals surface area contributed by atoms with E-state index >= 15 is 0 Å². The minimum absolute atomic E-state index is 0.222. The van der Waals surface area contributed by atoms with Gasteiger partial charge in [0.15, 0.2) is 0 Å². The van der Waals surface area contributed by atoms with E-state index in [2.05, 4.69) is 0 Å². The second kappa shape index (κ2) is 5.62. The smallest absolute Gasteiger partial charge is 0.146 e. The fourth-order valence-electron chi connectivity index (χ4n) is 2.26. The summed E-state index contributed by atoms with van der Waals surface area (Å²) in [4.78, 5) is 0.418. The maximum atomic E-state index is 12.3. The van der Waals surface area contributed by atoms with Crippen LogP contribution < -0.4 is 5.46 Å². The largest absolute Gasteiger partial charge is 0.227 e. The summed E-state index contributed by atoms with van der Waals surface area (Å²) in [6.07, 6.45) is 0. The highest BCUT2D eigenvalue weighted by Crippen LogP contribution is 2.11. The fraction of sp³-hybridized carbons (Fsp3) is 0.200. The van der Waals surface area contributed by atoms with Crippen LogP contribution in [0.3, 0.4) is 0 Å². The van der Waals surface area contributed by atoms with Gasteiger partial charge in [-0.25, -0.2) is 13.9 Å². The van der Waals surface area contributed by atoms with Crippen LogP contribution in [0.1, 0.15) is 5.56 Å². The lowest BCUT2D eigenvalue weighted by atomic mass is 9.49. The number of aryl methyl sites for hydroxylation is 1. The molecule has 4 heteroatoms. The van der Waals surface area contributed by atoms with Crippen LogP contribution in [0.5, 0.6) is 0 Å². The highest BCUT2D eigenvalue weighted by molar-refractivity contribution is 7.93. The predicted octanol–water partition coefficient (Wildman–Crippen LogP) is 2.07. The van der Waals surface area contributed by atoms with Gasteiger partial charge in [0.2, 0.25) is 0 Å². The Bertz CT molecular complexity index is 634. The molecule has 0 fully saturated rings. The van der Waals surface area contributed by atoms with E-state index in [0.29, 0.717) is 4.90 Å². The Morgan fingerprint density at radius 2 is 1.53 bits per heavy atom. The first-order chi connectivity index (χ1) is 8.99. The van der Waals surface area contributed by atoms with Crippen LogP contribution >= 0.6 is 0 Å². The molecule has 0 saturated carbocycles. The summed E-state index contributed by atoms with van der Waals surface area (Å²) in [5.74, 6) is 0. The van der Waals surface area contributed by atoms with E-state index in [1.165, 1.54) is 5.56 Å². The number of benzene rings is 2. The number of rotatable bonds is 4. The molecule has 0 N–H and O–H groups in total. The van der Waals surface area contributed by atoms with Gasteiger partial charge in [0.1, 0.15) is 9.84 Å². The van der Waals surface area contributed by atoms with E-state index in [1.807, 2.05) is 44.1 Å². The maximum Gasteiger partial charge on any atom is 0.146 e. The van der Waals surface area contributed by atoms with Crippen molar-refractivity contribution in [1.82, 2.24) is 0 Å². The Kier molecular flexibility index (Phi) is 4.10. The lowest BCUT2D eigenvalue weighted by Gasteiger charge is -2.18. The Labute approximate surface area is 115 Å². The van der Waals surface area contributed by atoms with Crippen LogP contribution in [0, 0.1) is 6.92 Å². The fourth-order valence-corrected chi connectivity index (χ4v) is 4.11. The molecular formula is C15H18BO2S-. The lowest BCUT2D eigenvalue weighted by molar-refractivity contribution is 0.600. The molecule has 0 radical (unpaired) electrons. The molecule has 0 aromatic heterocycles. The molecule has 0 aliphatic rings. The molecule has 0 aliphatic heterocycles. The van der Waals surface area contributed by atoms with Gasteiger partial charge in [-0.2, -0.15) is 6.82 Å². The van der Waals surface area contributed by atoms with E-state index in [-0.39, 0.29) is 5.65 Å². The topological polar surface area (TPSA) is 34.1 Å². The highest BCUT2D eigenvalue weighted by atomic mass is 32.2. The third-order valence-electron chi connectivity index (χ3n) is 3.49. The predicted molar refractivity (Wildman–Crippen MR) is 82.3 cm³/mol.